The first kappa shape index (κ1) is 8.00. The highest BCUT2D eigenvalue weighted by Gasteiger charge is 2.19. The molecular formula is C11H13N3. The number of hydrogen-bond acceptors (Lipinski definition) is 2. The van der Waals surface area contributed by atoms with Gasteiger partial charge in [0.15, 0.2) is 0 Å². The van der Waals surface area contributed by atoms with Crippen molar-refractivity contribution in [3.05, 3.63) is 36.3 Å². The number of fused-ring (bicyclic) bond motifs is 1. The summed E-state index contributed by atoms with van der Waals surface area (Å²) < 4.78 is 2.19. The van der Waals surface area contributed by atoms with Crippen LogP contribution in [0.3, 0.4) is 0 Å². The van der Waals surface area contributed by atoms with Crippen molar-refractivity contribution in [3.8, 4) is 0 Å². The summed E-state index contributed by atoms with van der Waals surface area (Å²) in [5.74, 6) is 0.632. The van der Waals surface area contributed by atoms with E-state index in [1.54, 1.807) is 0 Å². The standard InChI is InChI=1S/C11H13N3/c1-2-6-14-10(8-13-11(14)3-1)9-4-5-12-7-9/h1-3,6,8-9,12H,4-5,7H2. The molecule has 2 aromatic rings. The van der Waals surface area contributed by atoms with Crippen LogP contribution in [0.4, 0.5) is 0 Å². The maximum Gasteiger partial charge on any atom is 0.136 e. The third-order valence-electron chi connectivity index (χ3n) is 2.92. The summed E-state index contributed by atoms with van der Waals surface area (Å²) in [5.41, 5.74) is 2.39. The van der Waals surface area contributed by atoms with E-state index in [9.17, 15) is 0 Å². The van der Waals surface area contributed by atoms with Crippen LogP contribution >= 0.6 is 0 Å². The first-order valence-electron chi connectivity index (χ1n) is 5.08. The number of pyridine rings is 1. The first-order chi connectivity index (χ1) is 6.95. The summed E-state index contributed by atoms with van der Waals surface area (Å²) in [7, 11) is 0. The molecule has 0 amide bonds. The van der Waals surface area contributed by atoms with Gasteiger partial charge in [0.05, 0.1) is 0 Å². The zero-order valence-electron chi connectivity index (χ0n) is 7.98. The lowest BCUT2D eigenvalue weighted by Gasteiger charge is -2.07. The SMILES string of the molecule is c1ccn2c(C3CCNC3)cnc2c1. The Morgan fingerprint density at radius 3 is 3.29 bits per heavy atom. The molecule has 1 atom stereocenters. The molecule has 0 saturated carbocycles. The predicted molar refractivity (Wildman–Crippen MR) is 55.4 cm³/mol. The molecule has 0 aliphatic carbocycles. The Morgan fingerprint density at radius 1 is 1.43 bits per heavy atom. The first-order valence-corrected chi connectivity index (χ1v) is 5.08. The molecule has 1 aliphatic heterocycles. The van der Waals surface area contributed by atoms with E-state index in [1.807, 2.05) is 18.3 Å². The molecule has 0 bridgehead atoms. The summed E-state index contributed by atoms with van der Waals surface area (Å²) in [6, 6.07) is 6.13. The second-order valence-electron chi connectivity index (χ2n) is 3.80. The topological polar surface area (TPSA) is 29.3 Å². The van der Waals surface area contributed by atoms with Crippen LogP contribution < -0.4 is 5.32 Å². The van der Waals surface area contributed by atoms with E-state index in [4.69, 9.17) is 0 Å². The van der Waals surface area contributed by atoms with Crippen molar-refractivity contribution in [1.29, 1.82) is 0 Å². The smallest absolute Gasteiger partial charge is 0.136 e. The summed E-state index contributed by atoms with van der Waals surface area (Å²) in [4.78, 5) is 4.40. The second-order valence-corrected chi connectivity index (χ2v) is 3.80. The highest BCUT2D eigenvalue weighted by Crippen LogP contribution is 2.22. The van der Waals surface area contributed by atoms with Crippen LogP contribution in [-0.4, -0.2) is 22.5 Å². The van der Waals surface area contributed by atoms with Crippen LogP contribution in [0.5, 0.6) is 0 Å². The third-order valence-corrected chi connectivity index (χ3v) is 2.92. The molecule has 3 rings (SSSR count). The van der Waals surface area contributed by atoms with Crippen LogP contribution in [-0.2, 0) is 0 Å². The van der Waals surface area contributed by atoms with E-state index < -0.39 is 0 Å². The maximum absolute atomic E-state index is 4.40. The largest absolute Gasteiger partial charge is 0.316 e. The zero-order chi connectivity index (χ0) is 9.38. The Morgan fingerprint density at radius 2 is 2.43 bits per heavy atom. The average Bonchev–Trinajstić information content (AvgIpc) is 2.85. The van der Waals surface area contributed by atoms with Gasteiger partial charge >= 0.3 is 0 Å². The molecule has 1 unspecified atom stereocenters. The average molecular weight is 187 g/mol. The van der Waals surface area contributed by atoms with Crippen LogP contribution in [0, 0.1) is 0 Å². The van der Waals surface area contributed by atoms with Crippen molar-refractivity contribution in [2.45, 2.75) is 12.3 Å². The van der Waals surface area contributed by atoms with Gasteiger partial charge in [-0.15, -0.1) is 0 Å². The van der Waals surface area contributed by atoms with E-state index in [0.29, 0.717) is 5.92 Å². The Hall–Kier alpha value is -1.35. The molecule has 1 aliphatic rings. The van der Waals surface area contributed by atoms with Gasteiger partial charge < -0.3 is 9.72 Å². The zero-order valence-corrected chi connectivity index (χ0v) is 7.98. The highest BCUT2D eigenvalue weighted by atomic mass is 15.0. The van der Waals surface area contributed by atoms with E-state index >= 15 is 0 Å². The Bertz CT molecular complexity index is 440. The number of aromatic nitrogens is 2. The number of nitrogens with one attached hydrogen (secondary N) is 1. The molecule has 3 nitrogen and oxygen atoms in total. The molecule has 1 N–H and O–H groups in total. The predicted octanol–water partition coefficient (Wildman–Crippen LogP) is 1.41. The molecule has 0 radical (unpaired) electrons. The van der Waals surface area contributed by atoms with E-state index in [-0.39, 0.29) is 0 Å². The maximum atomic E-state index is 4.40. The van der Waals surface area contributed by atoms with Gasteiger partial charge in [0.1, 0.15) is 5.65 Å². The summed E-state index contributed by atoms with van der Waals surface area (Å²) in [5, 5.41) is 3.38. The van der Waals surface area contributed by atoms with Crippen molar-refractivity contribution in [1.82, 2.24) is 14.7 Å². The minimum Gasteiger partial charge on any atom is -0.316 e. The monoisotopic (exact) mass is 187 g/mol. The van der Waals surface area contributed by atoms with E-state index in [1.165, 1.54) is 12.1 Å². The van der Waals surface area contributed by atoms with Gasteiger partial charge in [-0.25, -0.2) is 4.98 Å². The molecule has 3 heteroatoms. The Balaban J connectivity index is 2.11. The Kier molecular flexibility index (Phi) is 1.77. The lowest BCUT2D eigenvalue weighted by Crippen LogP contribution is -2.09. The summed E-state index contributed by atoms with van der Waals surface area (Å²) in [6.07, 6.45) is 5.33. The van der Waals surface area contributed by atoms with Gasteiger partial charge in [-0.2, -0.15) is 0 Å². The van der Waals surface area contributed by atoms with Crippen molar-refractivity contribution in [2.24, 2.45) is 0 Å². The number of nitrogens with zero attached hydrogens (tertiary/aromatic N) is 2. The van der Waals surface area contributed by atoms with Gasteiger partial charge in [0.25, 0.3) is 0 Å². The van der Waals surface area contributed by atoms with Crippen molar-refractivity contribution < 1.29 is 0 Å². The van der Waals surface area contributed by atoms with Crippen molar-refractivity contribution >= 4 is 5.65 Å². The summed E-state index contributed by atoms with van der Waals surface area (Å²) in [6.45, 7) is 2.22. The molecule has 1 saturated heterocycles. The minimum atomic E-state index is 0.632. The number of rotatable bonds is 1. The van der Waals surface area contributed by atoms with Gasteiger partial charge in [-0.05, 0) is 25.1 Å². The van der Waals surface area contributed by atoms with Crippen molar-refractivity contribution in [3.63, 3.8) is 0 Å². The van der Waals surface area contributed by atoms with Gasteiger partial charge in [-0.1, -0.05) is 6.07 Å². The van der Waals surface area contributed by atoms with Gasteiger partial charge in [0.2, 0.25) is 0 Å². The fourth-order valence-corrected chi connectivity index (χ4v) is 2.16. The molecular weight excluding hydrogens is 174 g/mol. The minimum absolute atomic E-state index is 0.632. The fourth-order valence-electron chi connectivity index (χ4n) is 2.16. The van der Waals surface area contributed by atoms with Crippen molar-refractivity contribution in [2.75, 3.05) is 13.1 Å². The molecule has 3 heterocycles. The molecule has 2 aromatic heterocycles. The van der Waals surface area contributed by atoms with Crippen LogP contribution in [0.15, 0.2) is 30.6 Å². The number of imidazole rings is 1. The van der Waals surface area contributed by atoms with Gasteiger partial charge in [-0.3, -0.25) is 0 Å². The molecule has 1 fully saturated rings. The molecule has 72 valence electrons. The second kappa shape index (κ2) is 3.10. The molecule has 14 heavy (non-hydrogen) atoms. The van der Waals surface area contributed by atoms with Crippen LogP contribution in [0.25, 0.3) is 5.65 Å². The molecule has 0 spiro atoms. The fraction of sp³-hybridized carbons (Fsp3) is 0.364. The van der Waals surface area contributed by atoms with E-state index in [0.717, 1.165) is 18.7 Å². The van der Waals surface area contributed by atoms with Crippen LogP contribution in [0.1, 0.15) is 18.0 Å². The summed E-state index contributed by atoms with van der Waals surface area (Å²) >= 11 is 0. The number of hydrogen-bond donors (Lipinski definition) is 1. The normalized spacial score (nSPS) is 21.9. The van der Waals surface area contributed by atoms with Gasteiger partial charge in [0, 0.05) is 30.6 Å². The van der Waals surface area contributed by atoms with E-state index in [2.05, 4.69) is 27.0 Å². The highest BCUT2D eigenvalue weighted by molar-refractivity contribution is 5.40. The lowest BCUT2D eigenvalue weighted by atomic mass is 10.1. The molecule has 0 aromatic carbocycles. The third kappa shape index (κ3) is 1.13. The quantitative estimate of drug-likeness (QED) is 0.731. The Labute approximate surface area is 82.8 Å². The van der Waals surface area contributed by atoms with Crippen LogP contribution in [0.2, 0.25) is 0 Å². The lowest BCUT2D eigenvalue weighted by molar-refractivity contribution is 0.726.